The molecule has 4 heteroatoms. The van der Waals surface area contributed by atoms with Gasteiger partial charge in [-0.2, -0.15) is 0 Å². The van der Waals surface area contributed by atoms with Crippen LogP contribution in [-0.2, 0) is 0 Å². The average Bonchev–Trinajstić information content (AvgIpc) is 2.67. The maximum absolute atomic E-state index is 10.6. The number of hydrogen-bond donors (Lipinski definition) is 0. The fourth-order valence-corrected chi connectivity index (χ4v) is 1.82. The van der Waals surface area contributed by atoms with Gasteiger partial charge in [0.05, 0.1) is 4.88 Å². The van der Waals surface area contributed by atoms with Gasteiger partial charge in [0.15, 0.2) is 12.1 Å². The monoisotopic (exact) mass is 190 g/mol. The van der Waals surface area contributed by atoms with Crippen LogP contribution >= 0.6 is 11.3 Å². The Kier molecular flexibility index (Phi) is 2.14. The predicted octanol–water partition coefficient (Wildman–Crippen LogP) is 2.02. The summed E-state index contributed by atoms with van der Waals surface area (Å²) in [5.41, 5.74) is 0.649. The smallest absolute Gasteiger partial charge is 0.170 e. The van der Waals surface area contributed by atoms with Crippen molar-refractivity contribution in [3.8, 4) is 10.7 Å². The predicted molar refractivity (Wildman–Crippen MR) is 50.7 cm³/mol. The lowest BCUT2D eigenvalue weighted by atomic mass is 10.3. The molecule has 2 rings (SSSR count). The molecule has 0 unspecified atom stereocenters. The molecule has 0 fully saturated rings. The number of thiophene rings is 1. The second kappa shape index (κ2) is 3.45. The fraction of sp³-hybridized carbons (Fsp3) is 0. The Balaban J connectivity index is 2.52. The SMILES string of the molecule is O=Cc1ccsc1-c1ncccn1. The number of aromatic nitrogens is 2. The topological polar surface area (TPSA) is 42.9 Å². The van der Waals surface area contributed by atoms with Crippen molar-refractivity contribution in [2.24, 2.45) is 0 Å². The van der Waals surface area contributed by atoms with Crippen molar-refractivity contribution < 1.29 is 4.79 Å². The molecule has 2 aromatic heterocycles. The molecule has 0 aromatic carbocycles. The Morgan fingerprint density at radius 3 is 2.77 bits per heavy atom. The zero-order chi connectivity index (χ0) is 9.10. The van der Waals surface area contributed by atoms with Crippen molar-refractivity contribution in [1.82, 2.24) is 9.97 Å². The summed E-state index contributed by atoms with van der Waals surface area (Å²) in [6.45, 7) is 0. The number of carbonyl (C=O) groups excluding carboxylic acids is 1. The Morgan fingerprint density at radius 1 is 1.31 bits per heavy atom. The summed E-state index contributed by atoms with van der Waals surface area (Å²) >= 11 is 1.47. The lowest BCUT2D eigenvalue weighted by Crippen LogP contribution is -1.86. The molecule has 0 aliphatic heterocycles. The van der Waals surface area contributed by atoms with E-state index in [1.807, 2.05) is 5.38 Å². The summed E-state index contributed by atoms with van der Waals surface area (Å²) in [7, 11) is 0. The van der Waals surface area contributed by atoms with Crippen molar-refractivity contribution in [3.63, 3.8) is 0 Å². The lowest BCUT2D eigenvalue weighted by molar-refractivity contribution is 0.112. The van der Waals surface area contributed by atoms with Gasteiger partial charge < -0.3 is 0 Å². The van der Waals surface area contributed by atoms with Gasteiger partial charge in [-0.3, -0.25) is 4.79 Å². The van der Waals surface area contributed by atoms with E-state index in [2.05, 4.69) is 9.97 Å². The van der Waals surface area contributed by atoms with Crippen LogP contribution in [0.4, 0.5) is 0 Å². The molecule has 0 atom stereocenters. The summed E-state index contributed by atoms with van der Waals surface area (Å²) in [5.74, 6) is 0.611. The molecule has 0 aliphatic rings. The third kappa shape index (κ3) is 1.48. The quantitative estimate of drug-likeness (QED) is 0.680. The van der Waals surface area contributed by atoms with Crippen LogP contribution in [0.2, 0.25) is 0 Å². The number of rotatable bonds is 2. The van der Waals surface area contributed by atoms with Crippen LogP contribution in [0, 0.1) is 0 Å². The normalized spacial score (nSPS) is 9.85. The molecule has 0 spiro atoms. The second-order valence-electron chi connectivity index (χ2n) is 2.40. The van der Waals surface area contributed by atoms with Crippen LogP contribution in [0.3, 0.4) is 0 Å². The van der Waals surface area contributed by atoms with Crippen molar-refractivity contribution in [2.45, 2.75) is 0 Å². The molecule has 0 saturated carbocycles. The van der Waals surface area contributed by atoms with E-state index >= 15 is 0 Å². The average molecular weight is 190 g/mol. The largest absolute Gasteiger partial charge is 0.298 e. The first-order valence-corrected chi connectivity index (χ1v) is 4.60. The first-order chi connectivity index (χ1) is 6.42. The summed E-state index contributed by atoms with van der Waals surface area (Å²) in [6.07, 6.45) is 4.15. The van der Waals surface area contributed by atoms with Gasteiger partial charge in [-0.1, -0.05) is 0 Å². The fourth-order valence-electron chi connectivity index (χ4n) is 1.01. The standard InChI is InChI=1S/C9H6N2OS/c12-6-7-2-5-13-8(7)9-10-3-1-4-11-9/h1-6H. The zero-order valence-electron chi connectivity index (χ0n) is 6.68. The first kappa shape index (κ1) is 8.07. The number of carbonyl (C=O) groups is 1. The highest BCUT2D eigenvalue weighted by Crippen LogP contribution is 2.24. The maximum Gasteiger partial charge on any atom is 0.170 e. The van der Waals surface area contributed by atoms with Gasteiger partial charge in [0.25, 0.3) is 0 Å². The molecule has 0 aliphatic carbocycles. The van der Waals surface area contributed by atoms with Gasteiger partial charge in [-0.25, -0.2) is 9.97 Å². The van der Waals surface area contributed by atoms with Crippen LogP contribution in [0.1, 0.15) is 10.4 Å². The van der Waals surface area contributed by atoms with E-state index in [4.69, 9.17) is 0 Å². The molecule has 0 N–H and O–H groups in total. The molecule has 0 amide bonds. The third-order valence-electron chi connectivity index (χ3n) is 1.59. The number of hydrogen-bond acceptors (Lipinski definition) is 4. The summed E-state index contributed by atoms with van der Waals surface area (Å²) in [6, 6.07) is 3.51. The highest BCUT2D eigenvalue weighted by atomic mass is 32.1. The minimum atomic E-state index is 0.611. The lowest BCUT2D eigenvalue weighted by Gasteiger charge is -1.94. The van der Waals surface area contributed by atoms with Crippen molar-refractivity contribution in [2.75, 3.05) is 0 Å². The van der Waals surface area contributed by atoms with Crippen LogP contribution in [-0.4, -0.2) is 16.3 Å². The Bertz CT molecular complexity index is 411. The highest BCUT2D eigenvalue weighted by molar-refractivity contribution is 7.13. The molecule has 0 radical (unpaired) electrons. The van der Waals surface area contributed by atoms with Gasteiger partial charge in [0.2, 0.25) is 0 Å². The zero-order valence-corrected chi connectivity index (χ0v) is 7.49. The van der Waals surface area contributed by atoms with Gasteiger partial charge in [-0.05, 0) is 17.5 Å². The summed E-state index contributed by atoms with van der Waals surface area (Å²) in [4.78, 5) is 19.6. The van der Waals surface area contributed by atoms with E-state index in [0.29, 0.717) is 11.4 Å². The van der Waals surface area contributed by atoms with Gasteiger partial charge in [0.1, 0.15) is 0 Å². The van der Waals surface area contributed by atoms with Crippen LogP contribution in [0.15, 0.2) is 29.9 Å². The third-order valence-corrected chi connectivity index (χ3v) is 2.52. The van der Waals surface area contributed by atoms with E-state index < -0.39 is 0 Å². The van der Waals surface area contributed by atoms with E-state index in [9.17, 15) is 4.79 Å². The minimum Gasteiger partial charge on any atom is -0.298 e. The molecule has 2 aromatic rings. The maximum atomic E-state index is 10.6. The van der Waals surface area contributed by atoms with Crippen molar-refractivity contribution >= 4 is 17.6 Å². The summed E-state index contributed by atoms with van der Waals surface area (Å²) in [5, 5.41) is 1.86. The van der Waals surface area contributed by atoms with Gasteiger partial charge >= 0.3 is 0 Å². The van der Waals surface area contributed by atoms with Crippen molar-refractivity contribution in [3.05, 3.63) is 35.5 Å². The molecule has 13 heavy (non-hydrogen) atoms. The Labute approximate surface area is 79.1 Å². The number of aldehydes is 1. The molecule has 3 nitrogen and oxygen atoms in total. The van der Waals surface area contributed by atoms with E-state index in [0.717, 1.165) is 11.2 Å². The first-order valence-electron chi connectivity index (χ1n) is 3.72. The second-order valence-corrected chi connectivity index (χ2v) is 3.31. The highest BCUT2D eigenvalue weighted by Gasteiger charge is 2.07. The molecule has 64 valence electrons. The molecule has 2 heterocycles. The Morgan fingerprint density at radius 2 is 2.08 bits per heavy atom. The van der Waals surface area contributed by atoms with Crippen molar-refractivity contribution in [1.29, 1.82) is 0 Å². The van der Waals surface area contributed by atoms with Crippen LogP contribution < -0.4 is 0 Å². The minimum absolute atomic E-state index is 0.611. The van der Waals surface area contributed by atoms with Crippen LogP contribution in [0.25, 0.3) is 10.7 Å². The van der Waals surface area contributed by atoms with Crippen LogP contribution in [0.5, 0.6) is 0 Å². The van der Waals surface area contributed by atoms with E-state index in [1.54, 1.807) is 24.5 Å². The summed E-state index contributed by atoms with van der Waals surface area (Å²) < 4.78 is 0. The van der Waals surface area contributed by atoms with E-state index in [-0.39, 0.29) is 0 Å². The number of nitrogens with zero attached hydrogens (tertiary/aromatic N) is 2. The molecular formula is C9H6N2OS. The van der Waals surface area contributed by atoms with E-state index in [1.165, 1.54) is 11.3 Å². The van der Waals surface area contributed by atoms with Gasteiger partial charge in [0, 0.05) is 18.0 Å². The van der Waals surface area contributed by atoms with Gasteiger partial charge in [-0.15, -0.1) is 11.3 Å². The Hall–Kier alpha value is -1.55. The molecule has 0 bridgehead atoms. The molecular weight excluding hydrogens is 184 g/mol. The molecule has 0 saturated heterocycles.